The molecule has 22 heavy (non-hydrogen) atoms. The van der Waals surface area contributed by atoms with E-state index in [9.17, 15) is 4.79 Å². The van der Waals surface area contributed by atoms with E-state index in [2.05, 4.69) is 10.6 Å². The molecule has 1 atom stereocenters. The van der Waals surface area contributed by atoms with Crippen LogP contribution in [0.3, 0.4) is 0 Å². The van der Waals surface area contributed by atoms with Crippen LogP contribution in [0.25, 0.3) is 0 Å². The summed E-state index contributed by atoms with van der Waals surface area (Å²) >= 11 is 5.96. The number of rotatable bonds is 7. The highest BCUT2D eigenvalue weighted by atomic mass is 35.5. The largest absolute Gasteiger partial charge is 0.345 e. The lowest BCUT2D eigenvalue weighted by molar-refractivity contribution is -0.121. The lowest BCUT2D eigenvalue weighted by Crippen LogP contribution is -2.29. The molecule has 0 aliphatic heterocycles. The monoisotopic (exact) mass is 316 g/mol. The van der Waals surface area contributed by atoms with Crippen molar-refractivity contribution in [3.05, 3.63) is 70.7 Å². The Hall–Kier alpha value is -1.84. The maximum absolute atomic E-state index is 12.2. The van der Waals surface area contributed by atoms with E-state index in [0.717, 1.165) is 24.1 Å². The summed E-state index contributed by atoms with van der Waals surface area (Å²) in [5.41, 5.74) is 2.09. The second-order valence-electron chi connectivity index (χ2n) is 5.17. The van der Waals surface area contributed by atoms with Crippen LogP contribution in [0.5, 0.6) is 0 Å². The Kier molecular flexibility index (Phi) is 6.44. The summed E-state index contributed by atoms with van der Waals surface area (Å²) in [4.78, 5) is 12.2. The first-order valence-electron chi connectivity index (χ1n) is 7.45. The Morgan fingerprint density at radius 1 is 1.05 bits per heavy atom. The minimum absolute atomic E-state index is 0.0547. The van der Waals surface area contributed by atoms with Crippen molar-refractivity contribution in [3.63, 3.8) is 0 Å². The molecule has 0 radical (unpaired) electrons. The van der Waals surface area contributed by atoms with Crippen molar-refractivity contribution < 1.29 is 4.79 Å². The standard InChI is InChI=1S/C18H21ClN2O/c1-20-13-5-8-17(22)21-18(14-6-3-2-4-7-14)15-9-11-16(19)12-10-15/h2-4,6-7,9-12,18,20H,5,8,13H2,1H3,(H,21,22). The van der Waals surface area contributed by atoms with Gasteiger partial charge in [0.1, 0.15) is 0 Å². The quantitative estimate of drug-likeness (QED) is 0.767. The third-order valence-corrected chi connectivity index (χ3v) is 3.72. The van der Waals surface area contributed by atoms with Crippen molar-refractivity contribution in [2.75, 3.05) is 13.6 Å². The predicted molar refractivity (Wildman–Crippen MR) is 91.0 cm³/mol. The van der Waals surface area contributed by atoms with Gasteiger partial charge in [0.15, 0.2) is 0 Å². The summed E-state index contributed by atoms with van der Waals surface area (Å²) in [5, 5.41) is 6.86. The molecule has 2 aromatic carbocycles. The van der Waals surface area contributed by atoms with Crippen LogP contribution in [0.2, 0.25) is 5.02 Å². The van der Waals surface area contributed by atoms with Crippen molar-refractivity contribution >= 4 is 17.5 Å². The fourth-order valence-electron chi connectivity index (χ4n) is 2.32. The van der Waals surface area contributed by atoms with Gasteiger partial charge < -0.3 is 10.6 Å². The molecule has 0 saturated carbocycles. The molecule has 0 heterocycles. The number of hydrogen-bond acceptors (Lipinski definition) is 2. The summed E-state index contributed by atoms with van der Waals surface area (Å²) in [6.07, 6.45) is 1.34. The summed E-state index contributed by atoms with van der Waals surface area (Å²) in [5.74, 6) is 0.0547. The first-order valence-corrected chi connectivity index (χ1v) is 7.83. The van der Waals surface area contributed by atoms with Crippen molar-refractivity contribution in [1.82, 2.24) is 10.6 Å². The summed E-state index contributed by atoms with van der Waals surface area (Å²) in [7, 11) is 1.89. The van der Waals surface area contributed by atoms with E-state index < -0.39 is 0 Å². The molecule has 0 fully saturated rings. The SMILES string of the molecule is CNCCCC(=O)NC(c1ccccc1)c1ccc(Cl)cc1. The lowest BCUT2D eigenvalue weighted by Gasteiger charge is -2.20. The molecule has 116 valence electrons. The van der Waals surface area contributed by atoms with Crippen LogP contribution in [-0.2, 0) is 4.79 Å². The molecular formula is C18H21ClN2O. The average molecular weight is 317 g/mol. The van der Waals surface area contributed by atoms with E-state index in [4.69, 9.17) is 11.6 Å². The van der Waals surface area contributed by atoms with Gasteiger partial charge in [-0.3, -0.25) is 4.79 Å². The molecular weight excluding hydrogens is 296 g/mol. The van der Waals surface area contributed by atoms with Gasteiger partial charge in [-0.1, -0.05) is 54.1 Å². The molecule has 2 N–H and O–H groups in total. The van der Waals surface area contributed by atoms with Gasteiger partial charge in [-0.2, -0.15) is 0 Å². The van der Waals surface area contributed by atoms with E-state index in [-0.39, 0.29) is 11.9 Å². The topological polar surface area (TPSA) is 41.1 Å². The number of hydrogen-bond donors (Lipinski definition) is 2. The summed E-state index contributed by atoms with van der Waals surface area (Å²) < 4.78 is 0. The van der Waals surface area contributed by atoms with Gasteiger partial charge in [0.25, 0.3) is 0 Å². The second kappa shape index (κ2) is 8.57. The fourth-order valence-corrected chi connectivity index (χ4v) is 2.44. The van der Waals surface area contributed by atoms with Crippen molar-refractivity contribution in [1.29, 1.82) is 0 Å². The number of nitrogens with one attached hydrogen (secondary N) is 2. The number of carbonyl (C=O) groups is 1. The molecule has 0 aliphatic carbocycles. The van der Waals surface area contributed by atoms with Crippen molar-refractivity contribution in [2.45, 2.75) is 18.9 Å². The number of amides is 1. The normalized spacial score (nSPS) is 11.9. The zero-order chi connectivity index (χ0) is 15.8. The highest BCUT2D eigenvalue weighted by molar-refractivity contribution is 6.30. The van der Waals surface area contributed by atoms with E-state index in [0.29, 0.717) is 11.4 Å². The Bertz CT molecular complexity index is 584. The second-order valence-corrected chi connectivity index (χ2v) is 5.61. The van der Waals surface area contributed by atoms with Gasteiger partial charge in [-0.25, -0.2) is 0 Å². The minimum atomic E-state index is -0.152. The van der Waals surface area contributed by atoms with Crippen LogP contribution < -0.4 is 10.6 Å². The lowest BCUT2D eigenvalue weighted by atomic mass is 9.98. The molecule has 0 spiro atoms. The molecule has 2 rings (SSSR count). The molecule has 0 aromatic heterocycles. The summed E-state index contributed by atoms with van der Waals surface area (Å²) in [6.45, 7) is 0.838. The Morgan fingerprint density at radius 3 is 2.32 bits per heavy atom. The third kappa shape index (κ3) is 4.86. The predicted octanol–water partition coefficient (Wildman–Crippen LogP) is 3.55. The molecule has 3 nitrogen and oxygen atoms in total. The average Bonchev–Trinajstić information content (AvgIpc) is 2.55. The van der Waals surface area contributed by atoms with Crippen LogP contribution in [0, 0.1) is 0 Å². The van der Waals surface area contributed by atoms with Crippen LogP contribution in [0.15, 0.2) is 54.6 Å². The van der Waals surface area contributed by atoms with Crippen molar-refractivity contribution in [2.24, 2.45) is 0 Å². The van der Waals surface area contributed by atoms with E-state index in [1.54, 1.807) is 0 Å². The molecule has 1 amide bonds. The Morgan fingerprint density at radius 2 is 1.68 bits per heavy atom. The van der Waals surface area contributed by atoms with E-state index in [1.807, 2.05) is 61.6 Å². The number of benzene rings is 2. The Balaban J connectivity index is 2.15. The van der Waals surface area contributed by atoms with Gasteiger partial charge in [0, 0.05) is 11.4 Å². The summed E-state index contributed by atoms with van der Waals surface area (Å²) in [6, 6.07) is 17.4. The molecule has 2 aromatic rings. The molecule has 1 unspecified atom stereocenters. The number of carbonyl (C=O) groups excluding carboxylic acids is 1. The van der Waals surface area contributed by atoms with Crippen LogP contribution in [0.1, 0.15) is 30.0 Å². The maximum atomic E-state index is 12.2. The van der Waals surface area contributed by atoms with Gasteiger partial charge in [-0.05, 0) is 43.3 Å². The van der Waals surface area contributed by atoms with Crippen LogP contribution in [-0.4, -0.2) is 19.5 Å². The minimum Gasteiger partial charge on any atom is -0.345 e. The van der Waals surface area contributed by atoms with Gasteiger partial charge in [-0.15, -0.1) is 0 Å². The maximum Gasteiger partial charge on any atom is 0.220 e. The molecule has 0 bridgehead atoms. The van der Waals surface area contributed by atoms with E-state index >= 15 is 0 Å². The fraction of sp³-hybridized carbons (Fsp3) is 0.278. The first-order chi connectivity index (χ1) is 10.7. The van der Waals surface area contributed by atoms with Crippen molar-refractivity contribution in [3.8, 4) is 0 Å². The molecule has 4 heteroatoms. The Labute approximate surface area is 136 Å². The molecule has 0 saturated heterocycles. The number of halogens is 1. The smallest absolute Gasteiger partial charge is 0.220 e. The van der Waals surface area contributed by atoms with E-state index in [1.165, 1.54) is 0 Å². The first kappa shape index (κ1) is 16.5. The van der Waals surface area contributed by atoms with Crippen LogP contribution in [0.4, 0.5) is 0 Å². The molecule has 0 aliphatic rings. The zero-order valence-corrected chi connectivity index (χ0v) is 13.4. The highest BCUT2D eigenvalue weighted by Crippen LogP contribution is 2.23. The zero-order valence-electron chi connectivity index (χ0n) is 12.7. The van der Waals surface area contributed by atoms with Gasteiger partial charge in [0.2, 0.25) is 5.91 Å². The third-order valence-electron chi connectivity index (χ3n) is 3.47. The van der Waals surface area contributed by atoms with Gasteiger partial charge >= 0.3 is 0 Å². The highest BCUT2D eigenvalue weighted by Gasteiger charge is 2.16. The van der Waals surface area contributed by atoms with Gasteiger partial charge in [0.05, 0.1) is 6.04 Å². The van der Waals surface area contributed by atoms with Crippen LogP contribution >= 0.6 is 11.6 Å².